The standard InChI is InChI=1S/C11H14O2S/c1-8(14)5-6-9-3-2-4-10(7-9)11(12)13/h2-4,7-8,14H,5-6H2,1H3,(H,12,13). The number of hydrogen-bond acceptors (Lipinski definition) is 2. The van der Waals surface area contributed by atoms with Gasteiger partial charge in [-0.05, 0) is 35.8 Å². The molecule has 3 heteroatoms. The summed E-state index contributed by atoms with van der Waals surface area (Å²) < 4.78 is 0. The minimum absolute atomic E-state index is 0.350. The third kappa shape index (κ3) is 3.42. The van der Waals surface area contributed by atoms with E-state index in [4.69, 9.17) is 5.11 Å². The molecule has 1 aromatic rings. The van der Waals surface area contributed by atoms with Crippen LogP contribution in [0, 0.1) is 0 Å². The zero-order chi connectivity index (χ0) is 10.6. The molecule has 1 N–H and O–H groups in total. The number of hydrogen-bond donors (Lipinski definition) is 2. The molecule has 0 aliphatic heterocycles. The van der Waals surface area contributed by atoms with Crippen molar-refractivity contribution in [2.75, 3.05) is 0 Å². The van der Waals surface area contributed by atoms with Crippen LogP contribution in [0.2, 0.25) is 0 Å². The fourth-order valence-electron chi connectivity index (χ4n) is 1.24. The molecule has 14 heavy (non-hydrogen) atoms. The number of aryl methyl sites for hydroxylation is 1. The second-order valence-corrected chi connectivity index (χ2v) is 4.27. The predicted molar refractivity (Wildman–Crippen MR) is 60.2 cm³/mol. The van der Waals surface area contributed by atoms with Crippen LogP contribution in [0.3, 0.4) is 0 Å². The first kappa shape index (κ1) is 11.1. The first-order valence-electron chi connectivity index (χ1n) is 4.60. The number of thiol groups is 1. The van der Waals surface area contributed by atoms with Crippen LogP contribution in [0.5, 0.6) is 0 Å². The molecule has 1 atom stereocenters. The van der Waals surface area contributed by atoms with E-state index >= 15 is 0 Å². The highest BCUT2D eigenvalue weighted by Gasteiger charge is 2.03. The molecular formula is C11H14O2S. The third-order valence-electron chi connectivity index (χ3n) is 2.02. The van der Waals surface area contributed by atoms with Crippen LogP contribution in [0.25, 0.3) is 0 Å². The van der Waals surface area contributed by atoms with E-state index in [1.807, 2.05) is 13.0 Å². The summed E-state index contributed by atoms with van der Waals surface area (Å²) in [5.74, 6) is -0.870. The Kier molecular flexibility index (Phi) is 4.01. The lowest BCUT2D eigenvalue weighted by molar-refractivity contribution is 0.0697. The van der Waals surface area contributed by atoms with Gasteiger partial charge in [0, 0.05) is 0 Å². The average Bonchev–Trinajstić information content (AvgIpc) is 2.15. The van der Waals surface area contributed by atoms with E-state index in [2.05, 4.69) is 12.6 Å². The minimum Gasteiger partial charge on any atom is -0.478 e. The van der Waals surface area contributed by atoms with Crippen LogP contribution in [0.15, 0.2) is 24.3 Å². The molecule has 0 saturated carbocycles. The lowest BCUT2D eigenvalue weighted by atomic mass is 10.1. The fraction of sp³-hybridized carbons (Fsp3) is 0.364. The summed E-state index contributed by atoms with van der Waals surface area (Å²) >= 11 is 4.28. The van der Waals surface area contributed by atoms with Gasteiger partial charge < -0.3 is 5.11 Å². The Hall–Kier alpha value is -0.960. The van der Waals surface area contributed by atoms with E-state index in [0.29, 0.717) is 10.8 Å². The molecule has 0 saturated heterocycles. The fourth-order valence-corrected chi connectivity index (χ4v) is 1.36. The highest BCUT2D eigenvalue weighted by Crippen LogP contribution is 2.10. The largest absolute Gasteiger partial charge is 0.478 e. The van der Waals surface area contributed by atoms with Gasteiger partial charge in [0.2, 0.25) is 0 Å². The summed E-state index contributed by atoms with van der Waals surface area (Å²) in [7, 11) is 0. The second kappa shape index (κ2) is 5.05. The molecule has 1 aromatic carbocycles. The van der Waals surface area contributed by atoms with Crippen molar-refractivity contribution in [2.24, 2.45) is 0 Å². The SMILES string of the molecule is CC(S)CCc1cccc(C(=O)O)c1. The molecule has 1 unspecified atom stereocenters. The Labute approximate surface area is 89.4 Å². The topological polar surface area (TPSA) is 37.3 Å². The summed E-state index contributed by atoms with van der Waals surface area (Å²) in [6, 6.07) is 7.05. The number of carboxylic acid groups (broad SMARTS) is 1. The predicted octanol–water partition coefficient (Wildman–Crippen LogP) is 2.64. The molecule has 0 radical (unpaired) electrons. The van der Waals surface area contributed by atoms with Crippen molar-refractivity contribution < 1.29 is 9.90 Å². The average molecular weight is 210 g/mol. The Morgan fingerprint density at radius 2 is 2.29 bits per heavy atom. The van der Waals surface area contributed by atoms with Crippen molar-refractivity contribution in [2.45, 2.75) is 25.0 Å². The summed E-state index contributed by atoms with van der Waals surface area (Å²) in [5.41, 5.74) is 1.42. The minimum atomic E-state index is -0.870. The Morgan fingerprint density at radius 1 is 1.57 bits per heavy atom. The van der Waals surface area contributed by atoms with Gasteiger partial charge in [-0.15, -0.1) is 0 Å². The second-order valence-electron chi connectivity index (χ2n) is 3.39. The molecule has 0 fully saturated rings. The molecule has 1 rings (SSSR count). The van der Waals surface area contributed by atoms with Gasteiger partial charge in [0.15, 0.2) is 0 Å². The third-order valence-corrected chi connectivity index (χ3v) is 2.28. The molecule has 2 nitrogen and oxygen atoms in total. The van der Waals surface area contributed by atoms with Crippen LogP contribution in [0.4, 0.5) is 0 Å². The van der Waals surface area contributed by atoms with E-state index in [1.54, 1.807) is 18.2 Å². The van der Waals surface area contributed by atoms with Gasteiger partial charge in [0.25, 0.3) is 0 Å². The van der Waals surface area contributed by atoms with Gasteiger partial charge in [0.05, 0.1) is 5.56 Å². The van der Waals surface area contributed by atoms with E-state index in [1.165, 1.54) is 0 Å². The molecule has 0 heterocycles. The van der Waals surface area contributed by atoms with E-state index in [9.17, 15) is 4.79 Å². The van der Waals surface area contributed by atoms with Crippen LogP contribution in [0.1, 0.15) is 29.3 Å². The van der Waals surface area contributed by atoms with Gasteiger partial charge in [-0.2, -0.15) is 12.6 Å². The zero-order valence-corrected chi connectivity index (χ0v) is 9.00. The van der Waals surface area contributed by atoms with E-state index in [-0.39, 0.29) is 0 Å². The Balaban J connectivity index is 2.69. The number of benzene rings is 1. The maximum atomic E-state index is 10.7. The Morgan fingerprint density at radius 3 is 2.86 bits per heavy atom. The van der Waals surface area contributed by atoms with Gasteiger partial charge in [0.1, 0.15) is 0 Å². The van der Waals surface area contributed by atoms with Gasteiger partial charge in [-0.3, -0.25) is 0 Å². The monoisotopic (exact) mass is 210 g/mol. The highest BCUT2D eigenvalue weighted by molar-refractivity contribution is 7.80. The van der Waals surface area contributed by atoms with Gasteiger partial charge in [-0.25, -0.2) is 4.79 Å². The van der Waals surface area contributed by atoms with Crippen LogP contribution >= 0.6 is 12.6 Å². The molecule has 0 amide bonds. The van der Waals surface area contributed by atoms with Gasteiger partial charge in [-0.1, -0.05) is 19.1 Å². The summed E-state index contributed by atoms with van der Waals surface area (Å²) in [4.78, 5) is 10.7. The van der Waals surface area contributed by atoms with Crippen molar-refractivity contribution in [3.05, 3.63) is 35.4 Å². The van der Waals surface area contributed by atoms with E-state index in [0.717, 1.165) is 18.4 Å². The summed E-state index contributed by atoms with van der Waals surface area (Å²) in [5, 5.41) is 9.12. The normalized spacial score (nSPS) is 12.4. The van der Waals surface area contributed by atoms with Gasteiger partial charge >= 0.3 is 5.97 Å². The zero-order valence-electron chi connectivity index (χ0n) is 8.10. The van der Waals surface area contributed by atoms with Crippen LogP contribution in [-0.4, -0.2) is 16.3 Å². The molecule has 0 aliphatic carbocycles. The maximum absolute atomic E-state index is 10.7. The molecule has 76 valence electrons. The Bertz CT molecular complexity index is 321. The maximum Gasteiger partial charge on any atom is 0.335 e. The molecule has 0 aliphatic rings. The van der Waals surface area contributed by atoms with Crippen molar-refractivity contribution in [3.8, 4) is 0 Å². The van der Waals surface area contributed by atoms with Crippen LogP contribution in [-0.2, 0) is 6.42 Å². The molecular weight excluding hydrogens is 196 g/mol. The van der Waals surface area contributed by atoms with Crippen molar-refractivity contribution in [1.29, 1.82) is 0 Å². The highest BCUT2D eigenvalue weighted by atomic mass is 32.1. The van der Waals surface area contributed by atoms with Crippen molar-refractivity contribution in [3.63, 3.8) is 0 Å². The smallest absolute Gasteiger partial charge is 0.335 e. The number of rotatable bonds is 4. The first-order chi connectivity index (χ1) is 6.59. The number of carbonyl (C=O) groups is 1. The molecule has 0 bridgehead atoms. The lowest BCUT2D eigenvalue weighted by Crippen LogP contribution is -1.99. The van der Waals surface area contributed by atoms with E-state index < -0.39 is 5.97 Å². The quantitative estimate of drug-likeness (QED) is 0.750. The summed E-state index contributed by atoms with van der Waals surface area (Å²) in [6.07, 6.45) is 1.85. The first-order valence-corrected chi connectivity index (χ1v) is 5.11. The van der Waals surface area contributed by atoms with Crippen molar-refractivity contribution >= 4 is 18.6 Å². The summed E-state index contributed by atoms with van der Waals surface area (Å²) in [6.45, 7) is 2.03. The molecule has 0 aromatic heterocycles. The molecule has 0 spiro atoms. The van der Waals surface area contributed by atoms with Crippen molar-refractivity contribution in [1.82, 2.24) is 0 Å². The number of aromatic carboxylic acids is 1. The number of carboxylic acids is 1. The lowest BCUT2D eigenvalue weighted by Gasteiger charge is -2.04. The van der Waals surface area contributed by atoms with Crippen LogP contribution < -0.4 is 0 Å².